The van der Waals surface area contributed by atoms with Crippen LogP contribution in [0.25, 0.3) is 12.2 Å². The average molecular weight is 381 g/mol. The van der Waals surface area contributed by atoms with E-state index in [9.17, 15) is 9.90 Å². The minimum atomic E-state index is -0.470. The molecule has 0 radical (unpaired) electrons. The Bertz CT molecular complexity index is 700. The predicted molar refractivity (Wildman–Crippen MR) is 98.4 cm³/mol. The van der Waals surface area contributed by atoms with Crippen molar-refractivity contribution in [1.82, 2.24) is 5.32 Å². The first kappa shape index (κ1) is 18.0. The summed E-state index contributed by atoms with van der Waals surface area (Å²) in [7, 11) is 0. The van der Waals surface area contributed by atoms with E-state index >= 15 is 0 Å². The predicted octanol–water partition coefficient (Wildman–Crippen LogP) is 2.06. The molecule has 5 heteroatoms. The van der Waals surface area contributed by atoms with Gasteiger partial charge in [0.25, 0.3) is 5.91 Å². The van der Waals surface area contributed by atoms with E-state index in [-0.39, 0.29) is 11.9 Å². The van der Waals surface area contributed by atoms with E-state index in [1.54, 1.807) is 6.07 Å². The van der Waals surface area contributed by atoms with Crippen LogP contribution in [0.15, 0.2) is 10.5 Å². The van der Waals surface area contributed by atoms with Crippen molar-refractivity contribution in [2.45, 2.75) is 58.1 Å². The smallest absolute Gasteiger partial charge is 0.253 e. The number of carbonyl (C=O) groups is 1. The number of aliphatic hydroxyl groups excluding tert-OH is 1. The standard InChI is InChI=1S/C18H25BrN2O2/c1-3-7-12-11(4-2)17(20)13(10-14(12)19)18(23)21-15-8-5-6-9-16(15)22/h4,7,10,15-16,22H,3,5-6,8-9,20H2,1-2H3,(H,21,23). The Hall–Kier alpha value is -1.33. The number of halogens is 1. The van der Waals surface area contributed by atoms with E-state index in [2.05, 4.69) is 34.2 Å². The molecule has 1 saturated carbocycles. The van der Waals surface area contributed by atoms with Gasteiger partial charge in [-0.25, -0.2) is 0 Å². The fourth-order valence-corrected chi connectivity index (χ4v) is 3.74. The molecule has 23 heavy (non-hydrogen) atoms. The summed E-state index contributed by atoms with van der Waals surface area (Å²) in [5.74, 6) is -0.222. The summed E-state index contributed by atoms with van der Waals surface area (Å²) in [6, 6.07) is 1.58. The molecule has 2 atom stereocenters. The first-order valence-electron chi connectivity index (χ1n) is 8.23. The van der Waals surface area contributed by atoms with Gasteiger partial charge in [-0.05, 0) is 37.5 Å². The van der Waals surface area contributed by atoms with Crippen molar-refractivity contribution in [3.05, 3.63) is 26.5 Å². The van der Waals surface area contributed by atoms with Gasteiger partial charge >= 0.3 is 0 Å². The molecule has 126 valence electrons. The van der Waals surface area contributed by atoms with Crippen molar-refractivity contribution in [1.29, 1.82) is 0 Å². The van der Waals surface area contributed by atoms with Crippen molar-refractivity contribution in [3.8, 4) is 0 Å². The molecule has 0 aromatic heterocycles. The van der Waals surface area contributed by atoms with Gasteiger partial charge in [0.2, 0.25) is 0 Å². The van der Waals surface area contributed by atoms with Crippen LogP contribution in [-0.2, 0) is 0 Å². The lowest BCUT2D eigenvalue weighted by atomic mass is 9.92. The topological polar surface area (TPSA) is 75.4 Å². The summed E-state index contributed by atoms with van der Waals surface area (Å²) in [6.45, 7) is 3.98. The highest BCUT2D eigenvalue weighted by Gasteiger charge is 2.25. The highest BCUT2D eigenvalue weighted by atomic mass is 79.9. The number of nitrogen functional groups attached to an aromatic ring is 1. The Labute approximate surface area is 145 Å². The molecule has 1 fully saturated rings. The third-order valence-electron chi connectivity index (χ3n) is 4.39. The van der Waals surface area contributed by atoms with Crippen molar-refractivity contribution in [2.75, 3.05) is 5.73 Å². The summed E-state index contributed by atoms with van der Waals surface area (Å²) in [5, 5.41) is 14.9. The van der Waals surface area contributed by atoms with Gasteiger partial charge in [-0.1, -0.05) is 47.8 Å². The Morgan fingerprint density at radius 3 is 2.74 bits per heavy atom. The van der Waals surface area contributed by atoms with Crippen LogP contribution in [0.3, 0.4) is 0 Å². The van der Waals surface area contributed by atoms with Gasteiger partial charge in [-0.3, -0.25) is 4.79 Å². The number of nitrogens with one attached hydrogen (secondary N) is 1. The second kappa shape index (κ2) is 7.97. The first-order chi connectivity index (χ1) is 11.0. The maximum Gasteiger partial charge on any atom is 0.253 e. The molecule has 1 aliphatic rings. The number of hydrogen-bond acceptors (Lipinski definition) is 3. The highest BCUT2D eigenvalue weighted by molar-refractivity contribution is 9.10. The van der Waals surface area contributed by atoms with E-state index in [0.29, 0.717) is 11.3 Å². The molecule has 2 rings (SSSR count). The quantitative estimate of drug-likeness (QED) is 0.702. The number of hydrogen-bond donors (Lipinski definition) is 3. The monoisotopic (exact) mass is 380 g/mol. The summed E-state index contributed by atoms with van der Waals surface area (Å²) < 4.78 is 0.857. The van der Waals surface area contributed by atoms with Crippen LogP contribution in [0.4, 0.5) is 5.69 Å². The highest BCUT2D eigenvalue weighted by Crippen LogP contribution is 2.19. The van der Waals surface area contributed by atoms with E-state index in [4.69, 9.17) is 5.73 Å². The molecule has 1 aliphatic carbocycles. The van der Waals surface area contributed by atoms with Crippen LogP contribution in [0.1, 0.15) is 56.3 Å². The number of aliphatic hydroxyl groups is 1. The number of anilines is 1. The molecule has 0 bridgehead atoms. The number of rotatable bonds is 3. The van der Waals surface area contributed by atoms with Crippen molar-refractivity contribution in [3.63, 3.8) is 0 Å². The molecule has 1 aromatic carbocycles. The lowest BCUT2D eigenvalue weighted by Crippen LogP contribution is -2.45. The Kier molecular flexibility index (Phi) is 6.25. The third kappa shape index (κ3) is 3.96. The van der Waals surface area contributed by atoms with Crippen molar-refractivity contribution in [2.24, 2.45) is 0 Å². The summed E-state index contributed by atoms with van der Waals surface area (Å²) >= 11 is 3.54. The normalized spacial score (nSPS) is 23.1. The van der Waals surface area contributed by atoms with Gasteiger partial charge in [-0.15, -0.1) is 0 Å². The van der Waals surface area contributed by atoms with Crippen LogP contribution in [0, 0.1) is 0 Å². The van der Waals surface area contributed by atoms with Crippen molar-refractivity contribution < 1.29 is 9.90 Å². The van der Waals surface area contributed by atoms with Gasteiger partial charge in [0, 0.05) is 9.69 Å². The Balaban J connectivity index is 2.38. The molecular formula is C18H25BrN2O2. The van der Waals surface area contributed by atoms with E-state index in [1.165, 1.54) is 0 Å². The zero-order chi connectivity index (χ0) is 17.0. The van der Waals surface area contributed by atoms with Crippen LogP contribution in [-0.4, -0.2) is 23.2 Å². The van der Waals surface area contributed by atoms with Gasteiger partial charge in [0.15, 0.2) is 0 Å². The average Bonchev–Trinajstić information content (AvgIpc) is 2.53. The molecule has 1 aromatic rings. The zero-order valence-corrected chi connectivity index (χ0v) is 15.3. The Morgan fingerprint density at radius 1 is 1.43 bits per heavy atom. The number of carbonyl (C=O) groups excluding carboxylic acids is 1. The molecular weight excluding hydrogens is 356 g/mol. The van der Waals surface area contributed by atoms with Gasteiger partial charge < -0.3 is 16.2 Å². The SMILES string of the molecule is CC=c1c(N)c(C(=O)NC2CCCCC2O)cc(Br)c1=CCC. The summed E-state index contributed by atoms with van der Waals surface area (Å²) in [4.78, 5) is 12.6. The Morgan fingerprint density at radius 2 is 2.13 bits per heavy atom. The lowest BCUT2D eigenvalue weighted by molar-refractivity contribution is 0.0718. The molecule has 0 spiro atoms. The zero-order valence-electron chi connectivity index (χ0n) is 13.7. The fraction of sp³-hybridized carbons (Fsp3) is 0.500. The molecule has 4 nitrogen and oxygen atoms in total. The molecule has 0 aliphatic heterocycles. The maximum absolute atomic E-state index is 12.6. The minimum absolute atomic E-state index is 0.189. The lowest BCUT2D eigenvalue weighted by Gasteiger charge is -2.28. The number of amides is 1. The van der Waals surface area contributed by atoms with E-state index < -0.39 is 6.10 Å². The minimum Gasteiger partial charge on any atom is -0.398 e. The van der Waals surface area contributed by atoms with Crippen LogP contribution in [0.5, 0.6) is 0 Å². The van der Waals surface area contributed by atoms with Crippen LogP contribution >= 0.6 is 15.9 Å². The van der Waals surface area contributed by atoms with Crippen LogP contribution in [0.2, 0.25) is 0 Å². The van der Waals surface area contributed by atoms with Gasteiger partial charge in [-0.2, -0.15) is 0 Å². The van der Waals surface area contributed by atoms with Crippen molar-refractivity contribution >= 4 is 39.7 Å². The molecule has 0 heterocycles. The molecule has 1 amide bonds. The molecule has 0 saturated heterocycles. The third-order valence-corrected chi connectivity index (χ3v) is 5.04. The van der Waals surface area contributed by atoms with Gasteiger partial charge in [0.05, 0.1) is 23.4 Å². The first-order valence-corrected chi connectivity index (χ1v) is 9.02. The second-order valence-corrected chi connectivity index (χ2v) is 6.83. The van der Waals surface area contributed by atoms with E-state index in [0.717, 1.165) is 47.0 Å². The maximum atomic E-state index is 12.6. The van der Waals surface area contributed by atoms with E-state index in [1.807, 2.05) is 13.0 Å². The number of benzene rings is 1. The second-order valence-electron chi connectivity index (χ2n) is 5.98. The van der Waals surface area contributed by atoms with Gasteiger partial charge in [0.1, 0.15) is 0 Å². The molecule has 4 N–H and O–H groups in total. The number of nitrogens with two attached hydrogens (primary N) is 1. The summed E-state index contributed by atoms with van der Waals surface area (Å²) in [6.07, 6.45) is 8.01. The molecule has 2 unspecified atom stereocenters. The fourth-order valence-electron chi connectivity index (χ4n) is 3.14. The van der Waals surface area contributed by atoms with Crippen LogP contribution < -0.4 is 21.5 Å². The largest absolute Gasteiger partial charge is 0.398 e. The summed E-state index contributed by atoms with van der Waals surface area (Å²) in [5.41, 5.74) is 7.18.